The van der Waals surface area contributed by atoms with Crippen LogP contribution in [0.1, 0.15) is 10.4 Å². The number of hydrogen-bond donors (Lipinski definition) is 2. The zero-order valence-electron chi connectivity index (χ0n) is 11.0. The molecule has 0 saturated heterocycles. The molecule has 5 heteroatoms. The first-order valence-corrected chi connectivity index (χ1v) is 6.73. The molecular formula is C16H12ClN3O. The summed E-state index contributed by atoms with van der Waals surface area (Å²) in [5.41, 5.74) is 7.93. The van der Waals surface area contributed by atoms with Crippen molar-refractivity contribution in [2.75, 3.05) is 11.1 Å². The van der Waals surface area contributed by atoms with E-state index in [2.05, 4.69) is 10.3 Å². The van der Waals surface area contributed by atoms with Crippen LogP contribution in [0.25, 0.3) is 10.9 Å². The Kier molecular flexibility index (Phi) is 3.46. The number of hydrogen-bond acceptors (Lipinski definition) is 3. The molecule has 0 atom stereocenters. The molecule has 0 bridgehead atoms. The summed E-state index contributed by atoms with van der Waals surface area (Å²) < 4.78 is 0. The number of amides is 1. The molecule has 0 aliphatic heterocycles. The molecule has 1 heterocycles. The Bertz CT molecular complexity index is 827. The van der Waals surface area contributed by atoms with Crippen molar-refractivity contribution < 1.29 is 4.79 Å². The topological polar surface area (TPSA) is 68.0 Å². The molecule has 4 nitrogen and oxygen atoms in total. The van der Waals surface area contributed by atoms with Gasteiger partial charge in [0.25, 0.3) is 5.91 Å². The summed E-state index contributed by atoms with van der Waals surface area (Å²) in [4.78, 5) is 16.7. The van der Waals surface area contributed by atoms with Gasteiger partial charge in [0.05, 0.1) is 21.8 Å². The van der Waals surface area contributed by atoms with Crippen molar-refractivity contribution in [2.45, 2.75) is 0 Å². The lowest BCUT2D eigenvalue weighted by molar-refractivity contribution is 0.102. The quantitative estimate of drug-likeness (QED) is 0.708. The Morgan fingerprint density at radius 2 is 1.95 bits per heavy atom. The van der Waals surface area contributed by atoms with E-state index in [9.17, 15) is 4.79 Å². The number of rotatable bonds is 2. The van der Waals surface area contributed by atoms with Gasteiger partial charge in [-0.1, -0.05) is 29.8 Å². The summed E-state index contributed by atoms with van der Waals surface area (Å²) in [6, 6.07) is 14.2. The van der Waals surface area contributed by atoms with Gasteiger partial charge in [0, 0.05) is 17.3 Å². The number of nitrogens with zero attached hydrogens (tertiary/aromatic N) is 1. The third-order valence-electron chi connectivity index (χ3n) is 3.13. The number of benzene rings is 2. The maximum absolute atomic E-state index is 12.4. The van der Waals surface area contributed by atoms with Gasteiger partial charge < -0.3 is 11.1 Å². The van der Waals surface area contributed by atoms with Crippen molar-refractivity contribution in [1.29, 1.82) is 0 Å². The average molecular weight is 298 g/mol. The van der Waals surface area contributed by atoms with Gasteiger partial charge in [0.15, 0.2) is 0 Å². The van der Waals surface area contributed by atoms with Crippen molar-refractivity contribution in [2.24, 2.45) is 0 Å². The van der Waals surface area contributed by atoms with Crippen LogP contribution in [0.4, 0.5) is 11.4 Å². The van der Waals surface area contributed by atoms with Crippen molar-refractivity contribution >= 4 is 39.8 Å². The highest BCUT2D eigenvalue weighted by Crippen LogP contribution is 2.23. The van der Waals surface area contributed by atoms with Crippen molar-refractivity contribution in [3.05, 3.63) is 65.3 Å². The first kappa shape index (κ1) is 13.4. The molecule has 0 aliphatic rings. The normalized spacial score (nSPS) is 10.5. The van der Waals surface area contributed by atoms with Gasteiger partial charge in [0.2, 0.25) is 0 Å². The van der Waals surface area contributed by atoms with E-state index in [1.807, 2.05) is 24.3 Å². The lowest BCUT2D eigenvalue weighted by atomic mass is 10.1. The summed E-state index contributed by atoms with van der Waals surface area (Å²) in [5, 5.41) is 4.18. The van der Waals surface area contributed by atoms with Crippen molar-refractivity contribution in [3.63, 3.8) is 0 Å². The maximum atomic E-state index is 12.4. The first-order valence-electron chi connectivity index (χ1n) is 6.35. The fraction of sp³-hybridized carbons (Fsp3) is 0. The number of fused-ring (bicyclic) bond motifs is 1. The Labute approximate surface area is 126 Å². The fourth-order valence-electron chi connectivity index (χ4n) is 2.11. The molecule has 0 spiro atoms. The lowest BCUT2D eigenvalue weighted by Crippen LogP contribution is -2.13. The van der Waals surface area contributed by atoms with Gasteiger partial charge in [-0.05, 0) is 30.3 Å². The highest BCUT2D eigenvalue weighted by molar-refractivity contribution is 6.33. The number of pyridine rings is 1. The number of para-hydroxylation sites is 1. The number of carbonyl (C=O) groups is 1. The highest BCUT2D eigenvalue weighted by Gasteiger charge is 2.11. The highest BCUT2D eigenvalue weighted by atomic mass is 35.5. The van der Waals surface area contributed by atoms with E-state index in [4.69, 9.17) is 17.3 Å². The summed E-state index contributed by atoms with van der Waals surface area (Å²) >= 11 is 5.86. The van der Waals surface area contributed by atoms with E-state index in [1.165, 1.54) is 0 Å². The third-order valence-corrected chi connectivity index (χ3v) is 3.48. The second-order valence-electron chi connectivity index (χ2n) is 4.57. The second kappa shape index (κ2) is 5.42. The number of halogens is 1. The summed E-state index contributed by atoms with van der Waals surface area (Å²) in [7, 11) is 0. The Hall–Kier alpha value is -2.59. The Balaban J connectivity index is 1.95. The van der Waals surface area contributed by atoms with Crippen LogP contribution in [0, 0.1) is 0 Å². The monoisotopic (exact) mass is 297 g/mol. The zero-order chi connectivity index (χ0) is 14.8. The summed E-state index contributed by atoms with van der Waals surface area (Å²) in [6.45, 7) is 0. The predicted molar refractivity (Wildman–Crippen MR) is 85.6 cm³/mol. The van der Waals surface area contributed by atoms with Crippen LogP contribution in [0.3, 0.4) is 0 Å². The Morgan fingerprint density at radius 1 is 1.14 bits per heavy atom. The van der Waals surface area contributed by atoms with E-state index in [1.54, 1.807) is 30.5 Å². The minimum absolute atomic E-state index is 0.235. The van der Waals surface area contributed by atoms with E-state index < -0.39 is 0 Å². The second-order valence-corrected chi connectivity index (χ2v) is 4.98. The standard InChI is InChI=1S/C16H12ClN3O/c17-13-7-6-11(9-14(13)18)20-16(21)12-5-1-3-10-4-2-8-19-15(10)12/h1-9H,18H2,(H,20,21). The van der Waals surface area contributed by atoms with Crippen LogP contribution in [-0.4, -0.2) is 10.9 Å². The summed E-state index contributed by atoms with van der Waals surface area (Å²) in [6.07, 6.45) is 1.67. The van der Waals surface area contributed by atoms with E-state index >= 15 is 0 Å². The molecule has 0 radical (unpaired) electrons. The van der Waals surface area contributed by atoms with Gasteiger partial charge >= 0.3 is 0 Å². The maximum Gasteiger partial charge on any atom is 0.257 e. The minimum atomic E-state index is -0.235. The molecule has 0 saturated carbocycles. The number of nitrogens with two attached hydrogens (primary N) is 1. The molecule has 0 fully saturated rings. The third kappa shape index (κ3) is 2.66. The van der Waals surface area contributed by atoms with Crippen molar-refractivity contribution in [3.8, 4) is 0 Å². The van der Waals surface area contributed by atoms with Crippen molar-refractivity contribution in [1.82, 2.24) is 4.98 Å². The van der Waals surface area contributed by atoms with Crippen LogP contribution in [0.2, 0.25) is 5.02 Å². The lowest BCUT2D eigenvalue weighted by Gasteiger charge is -2.08. The van der Waals surface area contributed by atoms with E-state index in [0.29, 0.717) is 27.5 Å². The molecule has 1 aromatic heterocycles. The number of anilines is 2. The molecule has 2 aromatic carbocycles. The molecule has 3 rings (SSSR count). The van der Waals surface area contributed by atoms with Gasteiger partial charge in [-0.25, -0.2) is 0 Å². The molecule has 3 N–H and O–H groups in total. The van der Waals surface area contributed by atoms with Crippen LogP contribution in [0.5, 0.6) is 0 Å². The van der Waals surface area contributed by atoms with Gasteiger partial charge in [-0.15, -0.1) is 0 Å². The minimum Gasteiger partial charge on any atom is -0.397 e. The smallest absolute Gasteiger partial charge is 0.257 e. The van der Waals surface area contributed by atoms with Crippen LogP contribution in [-0.2, 0) is 0 Å². The van der Waals surface area contributed by atoms with Crippen LogP contribution in [0.15, 0.2) is 54.7 Å². The largest absolute Gasteiger partial charge is 0.397 e. The number of carbonyl (C=O) groups excluding carboxylic acids is 1. The zero-order valence-corrected chi connectivity index (χ0v) is 11.8. The van der Waals surface area contributed by atoms with E-state index in [0.717, 1.165) is 5.39 Å². The molecular weight excluding hydrogens is 286 g/mol. The molecule has 21 heavy (non-hydrogen) atoms. The molecule has 1 amide bonds. The van der Waals surface area contributed by atoms with Gasteiger partial charge in [-0.2, -0.15) is 0 Å². The number of nitrogens with one attached hydrogen (secondary N) is 1. The Morgan fingerprint density at radius 3 is 2.76 bits per heavy atom. The van der Waals surface area contributed by atoms with Crippen LogP contribution < -0.4 is 11.1 Å². The van der Waals surface area contributed by atoms with Gasteiger partial charge in [-0.3, -0.25) is 9.78 Å². The number of aromatic nitrogens is 1. The van der Waals surface area contributed by atoms with Gasteiger partial charge in [0.1, 0.15) is 0 Å². The van der Waals surface area contributed by atoms with Crippen LogP contribution >= 0.6 is 11.6 Å². The average Bonchev–Trinajstić information content (AvgIpc) is 2.50. The fourth-order valence-corrected chi connectivity index (χ4v) is 2.22. The first-order chi connectivity index (χ1) is 10.1. The molecule has 3 aromatic rings. The molecule has 104 valence electrons. The van der Waals surface area contributed by atoms with E-state index in [-0.39, 0.29) is 5.91 Å². The summed E-state index contributed by atoms with van der Waals surface area (Å²) in [5.74, 6) is -0.235. The predicted octanol–water partition coefficient (Wildman–Crippen LogP) is 3.72. The SMILES string of the molecule is Nc1cc(NC(=O)c2cccc3cccnc23)ccc1Cl. The molecule has 0 unspecified atom stereocenters. The molecule has 0 aliphatic carbocycles. The number of nitrogen functional groups attached to an aromatic ring is 1.